The van der Waals surface area contributed by atoms with E-state index in [1.165, 1.54) is 11.3 Å². The Kier molecular flexibility index (Phi) is 3.87. The van der Waals surface area contributed by atoms with Gasteiger partial charge >= 0.3 is 5.97 Å². The van der Waals surface area contributed by atoms with Crippen molar-refractivity contribution < 1.29 is 9.90 Å². The van der Waals surface area contributed by atoms with E-state index in [4.69, 9.17) is 5.11 Å². The Labute approximate surface area is 108 Å². The fraction of sp³-hybridized carbons (Fsp3) is 0.500. The number of benzene rings is 1. The molecule has 1 aromatic carbocycles. The fourth-order valence-corrected chi connectivity index (χ4v) is 2.36. The summed E-state index contributed by atoms with van der Waals surface area (Å²) in [6, 6.07) is 5.47. The molecule has 0 atom stereocenters. The first kappa shape index (κ1) is 12.9. The Hall–Kier alpha value is -1.55. The monoisotopic (exact) mass is 248 g/mol. The number of aryl methyl sites for hydroxylation is 1. The predicted molar refractivity (Wildman–Crippen MR) is 72.5 cm³/mol. The summed E-state index contributed by atoms with van der Waals surface area (Å²) in [5.41, 5.74) is 2.76. The number of carboxylic acid groups (broad SMARTS) is 1. The molecule has 4 nitrogen and oxygen atoms in total. The number of nitrogens with zero attached hydrogens (tertiary/aromatic N) is 2. The third-order valence-electron chi connectivity index (χ3n) is 3.36. The van der Waals surface area contributed by atoms with Gasteiger partial charge in [0.05, 0.1) is 5.56 Å². The van der Waals surface area contributed by atoms with E-state index in [-0.39, 0.29) is 0 Å². The van der Waals surface area contributed by atoms with Crippen molar-refractivity contribution in [2.24, 2.45) is 0 Å². The molecule has 0 saturated heterocycles. The number of carbonyl (C=O) groups is 1. The Morgan fingerprint density at radius 2 is 2.22 bits per heavy atom. The molecule has 1 aliphatic rings. The first-order valence-corrected chi connectivity index (χ1v) is 6.34. The SMILES string of the molecule is CN(C)CCN1CCCc2cc(C(=O)O)ccc21. The minimum atomic E-state index is -0.844. The molecule has 1 aliphatic heterocycles. The molecule has 2 rings (SSSR count). The molecule has 0 fully saturated rings. The van der Waals surface area contributed by atoms with Crippen LogP contribution in [0.3, 0.4) is 0 Å². The van der Waals surface area contributed by atoms with Gasteiger partial charge in [-0.1, -0.05) is 0 Å². The van der Waals surface area contributed by atoms with Gasteiger partial charge in [-0.25, -0.2) is 4.79 Å². The van der Waals surface area contributed by atoms with E-state index in [0.29, 0.717) is 5.56 Å². The van der Waals surface area contributed by atoms with Crippen molar-refractivity contribution in [2.75, 3.05) is 38.6 Å². The molecule has 1 N–H and O–H groups in total. The molecule has 0 radical (unpaired) electrons. The summed E-state index contributed by atoms with van der Waals surface area (Å²) in [6.45, 7) is 3.07. The maximum atomic E-state index is 11.0. The van der Waals surface area contributed by atoms with E-state index in [9.17, 15) is 4.79 Å². The molecule has 0 amide bonds. The second kappa shape index (κ2) is 5.40. The quantitative estimate of drug-likeness (QED) is 0.880. The van der Waals surface area contributed by atoms with Crippen molar-refractivity contribution in [3.63, 3.8) is 0 Å². The van der Waals surface area contributed by atoms with Crippen LogP contribution in [0.1, 0.15) is 22.3 Å². The van der Waals surface area contributed by atoms with E-state index >= 15 is 0 Å². The van der Waals surface area contributed by atoms with Crippen LogP contribution in [0.5, 0.6) is 0 Å². The summed E-state index contributed by atoms with van der Waals surface area (Å²) in [6.07, 6.45) is 2.08. The minimum Gasteiger partial charge on any atom is -0.478 e. The van der Waals surface area contributed by atoms with Gasteiger partial charge in [-0.2, -0.15) is 0 Å². The number of fused-ring (bicyclic) bond motifs is 1. The second-order valence-corrected chi connectivity index (χ2v) is 5.04. The molecule has 0 spiro atoms. The summed E-state index contributed by atoms with van der Waals surface area (Å²) < 4.78 is 0. The Balaban J connectivity index is 2.19. The highest BCUT2D eigenvalue weighted by Gasteiger charge is 2.18. The zero-order chi connectivity index (χ0) is 13.1. The van der Waals surface area contributed by atoms with Crippen molar-refractivity contribution in [2.45, 2.75) is 12.8 Å². The van der Waals surface area contributed by atoms with Gasteiger partial charge in [0.25, 0.3) is 0 Å². The van der Waals surface area contributed by atoms with Crippen molar-refractivity contribution in [3.8, 4) is 0 Å². The van der Waals surface area contributed by atoms with Crippen LogP contribution in [-0.4, -0.2) is 49.7 Å². The lowest BCUT2D eigenvalue weighted by atomic mass is 9.99. The maximum absolute atomic E-state index is 11.0. The number of rotatable bonds is 4. The molecule has 98 valence electrons. The largest absolute Gasteiger partial charge is 0.478 e. The highest BCUT2D eigenvalue weighted by atomic mass is 16.4. The van der Waals surface area contributed by atoms with E-state index in [1.807, 2.05) is 12.1 Å². The third kappa shape index (κ3) is 2.82. The smallest absolute Gasteiger partial charge is 0.335 e. The number of hydrogen-bond donors (Lipinski definition) is 1. The molecule has 0 aromatic heterocycles. The van der Waals surface area contributed by atoms with Crippen molar-refractivity contribution in [1.29, 1.82) is 0 Å². The van der Waals surface area contributed by atoms with Crippen molar-refractivity contribution in [3.05, 3.63) is 29.3 Å². The lowest BCUT2D eigenvalue weighted by Crippen LogP contribution is -2.35. The van der Waals surface area contributed by atoms with E-state index in [1.54, 1.807) is 6.07 Å². The molecule has 1 aromatic rings. The van der Waals surface area contributed by atoms with Gasteiger partial charge in [0.1, 0.15) is 0 Å². The van der Waals surface area contributed by atoms with Crippen LogP contribution in [-0.2, 0) is 6.42 Å². The first-order valence-electron chi connectivity index (χ1n) is 6.34. The number of carboxylic acids is 1. The number of aromatic carboxylic acids is 1. The second-order valence-electron chi connectivity index (χ2n) is 5.04. The van der Waals surface area contributed by atoms with Crippen LogP contribution in [0.4, 0.5) is 5.69 Å². The topological polar surface area (TPSA) is 43.8 Å². The van der Waals surface area contributed by atoms with Gasteiger partial charge in [0.2, 0.25) is 0 Å². The van der Waals surface area contributed by atoms with Crippen LogP contribution in [0, 0.1) is 0 Å². The molecule has 0 aliphatic carbocycles. The van der Waals surface area contributed by atoms with Crippen molar-refractivity contribution >= 4 is 11.7 Å². The normalized spacial score (nSPS) is 14.7. The highest BCUT2D eigenvalue weighted by molar-refractivity contribution is 5.88. The van der Waals surface area contributed by atoms with Gasteiger partial charge < -0.3 is 14.9 Å². The zero-order valence-electron chi connectivity index (χ0n) is 11.0. The van der Waals surface area contributed by atoms with Gasteiger partial charge in [-0.05, 0) is 50.7 Å². The molecular formula is C14H20N2O2. The summed E-state index contributed by atoms with van der Waals surface area (Å²) in [5.74, 6) is -0.844. The summed E-state index contributed by atoms with van der Waals surface area (Å²) >= 11 is 0. The molecular weight excluding hydrogens is 228 g/mol. The molecule has 0 saturated carbocycles. The van der Waals surface area contributed by atoms with Crippen molar-refractivity contribution in [1.82, 2.24) is 4.90 Å². The number of anilines is 1. The summed E-state index contributed by atoms with van der Waals surface area (Å²) in [5, 5.41) is 9.01. The van der Waals surface area contributed by atoms with Gasteiger partial charge in [-0.15, -0.1) is 0 Å². The van der Waals surface area contributed by atoms with Crippen LogP contribution < -0.4 is 4.90 Å². The Morgan fingerprint density at radius 3 is 2.89 bits per heavy atom. The van der Waals surface area contributed by atoms with Gasteiger partial charge in [0.15, 0.2) is 0 Å². The Bertz CT molecular complexity index is 443. The van der Waals surface area contributed by atoms with Crippen LogP contribution in [0.15, 0.2) is 18.2 Å². The van der Waals surface area contributed by atoms with E-state index < -0.39 is 5.97 Å². The molecule has 0 unspecified atom stereocenters. The average Bonchev–Trinajstić information content (AvgIpc) is 2.35. The fourth-order valence-electron chi connectivity index (χ4n) is 2.36. The first-order chi connectivity index (χ1) is 8.58. The lowest BCUT2D eigenvalue weighted by Gasteiger charge is -2.32. The average molecular weight is 248 g/mol. The molecule has 4 heteroatoms. The Morgan fingerprint density at radius 1 is 1.44 bits per heavy atom. The van der Waals surface area contributed by atoms with Gasteiger partial charge in [-0.3, -0.25) is 0 Å². The molecule has 0 bridgehead atoms. The summed E-state index contributed by atoms with van der Waals surface area (Å²) in [7, 11) is 4.14. The number of likely N-dealkylation sites (N-methyl/N-ethyl adjacent to an activating group) is 1. The molecule has 1 heterocycles. The zero-order valence-corrected chi connectivity index (χ0v) is 11.0. The van der Waals surface area contributed by atoms with Gasteiger partial charge in [0, 0.05) is 25.3 Å². The van der Waals surface area contributed by atoms with Crippen LogP contribution >= 0.6 is 0 Å². The molecule has 18 heavy (non-hydrogen) atoms. The highest BCUT2D eigenvalue weighted by Crippen LogP contribution is 2.27. The van der Waals surface area contributed by atoms with Crippen LogP contribution in [0.2, 0.25) is 0 Å². The third-order valence-corrected chi connectivity index (χ3v) is 3.36. The standard InChI is InChI=1S/C14H20N2O2/c1-15(2)8-9-16-7-3-4-11-10-12(14(17)18)5-6-13(11)16/h5-6,10H,3-4,7-9H2,1-2H3,(H,17,18). The minimum absolute atomic E-state index is 0.392. The lowest BCUT2D eigenvalue weighted by molar-refractivity contribution is 0.0697. The van der Waals surface area contributed by atoms with E-state index in [0.717, 1.165) is 32.5 Å². The van der Waals surface area contributed by atoms with E-state index in [2.05, 4.69) is 23.9 Å². The predicted octanol–water partition coefficient (Wildman–Crippen LogP) is 1.70. The van der Waals surface area contributed by atoms with Crippen LogP contribution in [0.25, 0.3) is 0 Å². The summed E-state index contributed by atoms with van der Waals surface area (Å²) in [4.78, 5) is 15.5. The maximum Gasteiger partial charge on any atom is 0.335 e. The number of hydrogen-bond acceptors (Lipinski definition) is 3.